The summed E-state index contributed by atoms with van der Waals surface area (Å²) in [5, 5.41) is 16.3. The zero-order valence-electron chi connectivity index (χ0n) is 14.4. The molecule has 1 atom stereocenters. The van der Waals surface area contributed by atoms with E-state index in [1.54, 1.807) is 6.20 Å². The minimum Gasteiger partial charge on any atom is -0.381 e. The molecule has 130 valence electrons. The molecular formula is C19H23N5O. The van der Waals surface area contributed by atoms with E-state index in [9.17, 15) is 5.26 Å². The molecule has 25 heavy (non-hydrogen) atoms. The van der Waals surface area contributed by atoms with Crippen LogP contribution in [0, 0.1) is 11.3 Å². The lowest BCUT2D eigenvalue weighted by Crippen LogP contribution is -2.54. The van der Waals surface area contributed by atoms with E-state index in [2.05, 4.69) is 57.9 Å². The second-order valence-corrected chi connectivity index (χ2v) is 6.39. The van der Waals surface area contributed by atoms with Crippen molar-refractivity contribution in [1.29, 1.82) is 5.26 Å². The molecule has 6 nitrogen and oxygen atoms in total. The Morgan fingerprint density at radius 3 is 2.64 bits per heavy atom. The molecule has 0 unspecified atom stereocenters. The quantitative estimate of drug-likeness (QED) is 0.843. The fourth-order valence-electron chi connectivity index (χ4n) is 3.22. The van der Waals surface area contributed by atoms with E-state index in [0.29, 0.717) is 18.1 Å². The van der Waals surface area contributed by atoms with Crippen LogP contribution in [0.25, 0.3) is 0 Å². The van der Waals surface area contributed by atoms with Crippen LogP contribution in [-0.2, 0) is 4.74 Å². The zero-order chi connectivity index (χ0) is 17.5. The first kappa shape index (κ1) is 17.3. The summed E-state index contributed by atoms with van der Waals surface area (Å²) in [5.41, 5.74) is 1.46. The molecule has 1 aliphatic heterocycles. The average molecular weight is 337 g/mol. The largest absolute Gasteiger partial charge is 0.381 e. The lowest BCUT2D eigenvalue weighted by molar-refractivity contribution is 0.0389. The number of hydrogen-bond donors (Lipinski definition) is 2. The number of rotatable bonds is 6. The van der Waals surface area contributed by atoms with Gasteiger partial charge in [0, 0.05) is 43.7 Å². The predicted octanol–water partition coefficient (Wildman–Crippen LogP) is 2.66. The van der Waals surface area contributed by atoms with Gasteiger partial charge in [0.05, 0.1) is 0 Å². The second-order valence-electron chi connectivity index (χ2n) is 6.39. The van der Waals surface area contributed by atoms with Crippen molar-refractivity contribution in [2.75, 3.05) is 25.1 Å². The van der Waals surface area contributed by atoms with Gasteiger partial charge in [-0.2, -0.15) is 5.26 Å². The molecule has 0 aliphatic carbocycles. The van der Waals surface area contributed by atoms with E-state index in [1.807, 2.05) is 6.07 Å². The van der Waals surface area contributed by atoms with Gasteiger partial charge in [0.1, 0.15) is 6.07 Å². The number of anilines is 1. The molecule has 3 rings (SSSR count). The number of benzene rings is 1. The van der Waals surface area contributed by atoms with Crippen LogP contribution >= 0.6 is 0 Å². The molecule has 1 aliphatic rings. The molecule has 1 fully saturated rings. The number of nitriles is 1. The number of aromatic nitrogens is 2. The van der Waals surface area contributed by atoms with Crippen LogP contribution in [-0.4, -0.2) is 35.3 Å². The van der Waals surface area contributed by atoms with Crippen molar-refractivity contribution in [3.05, 3.63) is 54.0 Å². The molecule has 2 aromatic rings. The van der Waals surface area contributed by atoms with Gasteiger partial charge in [-0.05, 0) is 25.3 Å². The highest BCUT2D eigenvalue weighted by atomic mass is 16.5. The van der Waals surface area contributed by atoms with Gasteiger partial charge in [0.15, 0.2) is 11.5 Å². The van der Waals surface area contributed by atoms with E-state index in [-0.39, 0.29) is 11.6 Å². The summed E-state index contributed by atoms with van der Waals surface area (Å²) in [7, 11) is 0. The summed E-state index contributed by atoms with van der Waals surface area (Å²) >= 11 is 0. The Kier molecular flexibility index (Phi) is 5.59. The van der Waals surface area contributed by atoms with E-state index in [4.69, 9.17) is 4.74 Å². The molecule has 0 bridgehead atoms. The first-order valence-electron chi connectivity index (χ1n) is 8.58. The van der Waals surface area contributed by atoms with Gasteiger partial charge in [-0.1, -0.05) is 30.3 Å². The van der Waals surface area contributed by atoms with Gasteiger partial charge in [0.25, 0.3) is 0 Å². The molecule has 2 heterocycles. The van der Waals surface area contributed by atoms with Gasteiger partial charge in [-0.25, -0.2) is 9.97 Å². The van der Waals surface area contributed by atoms with E-state index >= 15 is 0 Å². The maximum atomic E-state index is 9.19. The molecular weight excluding hydrogens is 314 g/mol. The van der Waals surface area contributed by atoms with Crippen molar-refractivity contribution in [2.45, 2.75) is 31.3 Å². The first-order chi connectivity index (χ1) is 12.2. The molecule has 1 saturated heterocycles. The molecule has 2 N–H and O–H groups in total. The Morgan fingerprint density at radius 2 is 1.92 bits per heavy atom. The van der Waals surface area contributed by atoms with Crippen LogP contribution in [0.15, 0.2) is 42.7 Å². The predicted molar refractivity (Wildman–Crippen MR) is 96.0 cm³/mol. The molecule has 0 amide bonds. The Balaban J connectivity index is 1.73. The molecule has 0 spiro atoms. The van der Waals surface area contributed by atoms with E-state index in [0.717, 1.165) is 26.1 Å². The third-order valence-electron chi connectivity index (χ3n) is 4.67. The number of hydrogen-bond acceptors (Lipinski definition) is 6. The van der Waals surface area contributed by atoms with Crippen LogP contribution in [0.5, 0.6) is 0 Å². The normalized spacial score (nSPS) is 17.4. The van der Waals surface area contributed by atoms with Crippen molar-refractivity contribution in [1.82, 2.24) is 15.3 Å². The van der Waals surface area contributed by atoms with E-state index in [1.165, 1.54) is 11.8 Å². The molecule has 6 heteroatoms. The van der Waals surface area contributed by atoms with Crippen LogP contribution in [0.3, 0.4) is 0 Å². The minimum atomic E-state index is -0.113. The topological polar surface area (TPSA) is 82.9 Å². The molecule has 1 aromatic carbocycles. The fourth-order valence-corrected chi connectivity index (χ4v) is 3.22. The van der Waals surface area contributed by atoms with Gasteiger partial charge < -0.3 is 15.4 Å². The summed E-state index contributed by atoms with van der Waals surface area (Å²) in [5.74, 6) is 0.532. The molecule has 0 radical (unpaired) electrons. The smallest absolute Gasteiger partial charge is 0.182 e. The van der Waals surface area contributed by atoms with Gasteiger partial charge in [0.2, 0.25) is 0 Å². The van der Waals surface area contributed by atoms with Crippen molar-refractivity contribution in [3.8, 4) is 6.07 Å². The van der Waals surface area contributed by atoms with Gasteiger partial charge in [-0.3, -0.25) is 0 Å². The average Bonchev–Trinajstić information content (AvgIpc) is 2.68. The highest BCUT2D eigenvalue weighted by molar-refractivity contribution is 5.47. The summed E-state index contributed by atoms with van der Waals surface area (Å²) in [6, 6.07) is 12.7. The first-order valence-corrected chi connectivity index (χ1v) is 8.58. The number of ether oxygens (including phenoxy) is 1. The van der Waals surface area contributed by atoms with Crippen molar-refractivity contribution in [3.63, 3.8) is 0 Å². The van der Waals surface area contributed by atoms with Gasteiger partial charge in [-0.15, -0.1) is 0 Å². The van der Waals surface area contributed by atoms with Crippen LogP contribution in [0.4, 0.5) is 5.82 Å². The highest BCUT2D eigenvalue weighted by Gasteiger charge is 2.34. The lowest BCUT2D eigenvalue weighted by atomic mass is 9.88. The second kappa shape index (κ2) is 8.06. The Morgan fingerprint density at radius 1 is 1.20 bits per heavy atom. The fraction of sp³-hybridized carbons (Fsp3) is 0.421. The van der Waals surface area contributed by atoms with Crippen molar-refractivity contribution < 1.29 is 4.74 Å². The zero-order valence-corrected chi connectivity index (χ0v) is 14.4. The summed E-state index contributed by atoms with van der Waals surface area (Å²) < 4.78 is 5.56. The molecule has 1 aromatic heterocycles. The lowest BCUT2D eigenvalue weighted by Gasteiger charge is -2.40. The van der Waals surface area contributed by atoms with Crippen LogP contribution < -0.4 is 10.6 Å². The Labute approximate surface area is 148 Å². The summed E-state index contributed by atoms with van der Waals surface area (Å²) in [6.45, 7) is 4.29. The maximum absolute atomic E-state index is 9.19. The number of nitrogens with zero attached hydrogens (tertiary/aromatic N) is 3. The Bertz CT molecular complexity index is 722. The number of nitrogens with one attached hydrogen (secondary N) is 2. The summed E-state index contributed by atoms with van der Waals surface area (Å²) in [4.78, 5) is 8.31. The molecule has 0 saturated carbocycles. The van der Waals surface area contributed by atoms with Crippen molar-refractivity contribution in [2.24, 2.45) is 0 Å². The standard InChI is InChI=1S/C19H23N5O/c1-15(16-5-3-2-4-6-16)24-19(7-11-25-12-8-19)14-23-18-17(13-20)21-9-10-22-18/h2-6,9-10,15,24H,7-8,11-12,14H2,1H3,(H,22,23)/t15-/m1/s1. The van der Waals surface area contributed by atoms with E-state index < -0.39 is 0 Å². The van der Waals surface area contributed by atoms with Gasteiger partial charge >= 0.3 is 0 Å². The monoisotopic (exact) mass is 337 g/mol. The third-order valence-corrected chi connectivity index (χ3v) is 4.67. The Hall–Kier alpha value is -2.49. The highest BCUT2D eigenvalue weighted by Crippen LogP contribution is 2.26. The maximum Gasteiger partial charge on any atom is 0.182 e. The van der Waals surface area contributed by atoms with Crippen LogP contribution in [0.2, 0.25) is 0 Å². The van der Waals surface area contributed by atoms with Crippen molar-refractivity contribution >= 4 is 5.82 Å². The summed E-state index contributed by atoms with van der Waals surface area (Å²) in [6.07, 6.45) is 4.93. The SMILES string of the molecule is C[C@@H](NC1(CNc2nccnc2C#N)CCOCC1)c1ccccc1. The third kappa shape index (κ3) is 4.32. The van der Waals surface area contributed by atoms with Crippen LogP contribution in [0.1, 0.15) is 37.1 Å². The minimum absolute atomic E-state index is 0.113.